The van der Waals surface area contributed by atoms with E-state index in [0.29, 0.717) is 41.5 Å². The number of benzene rings is 3. The predicted molar refractivity (Wildman–Crippen MR) is 147 cm³/mol. The molecule has 2 amide bonds. The van der Waals surface area contributed by atoms with Crippen molar-refractivity contribution in [1.29, 1.82) is 0 Å². The third kappa shape index (κ3) is 7.63. The molecule has 3 N–H and O–H groups in total. The van der Waals surface area contributed by atoms with Crippen molar-refractivity contribution in [1.82, 2.24) is 5.32 Å². The van der Waals surface area contributed by atoms with Crippen molar-refractivity contribution in [2.75, 3.05) is 31.0 Å². The molecule has 0 aliphatic rings. The standard InChI is InChI=1S/C28H31N3O4S/c1-28(2,3)20-11-9-19(10-12-20)25(32)29-21-13-15-22(16-14-21)30-27(36)31-26(33)23-7-5-6-8-24(23)35-18-17-34-4/h5-16H,17-18H2,1-4H3,(H,29,32)(H2,30,31,33,36). The van der Waals surface area contributed by atoms with E-state index in [1.54, 1.807) is 55.6 Å². The lowest BCUT2D eigenvalue weighted by Crippen LogP contribution is -2.34. The predicted octanol–water partition coefficient (Wildman–Crippen LogP) is 5.39. The first-order valence-electron chi connectivity index (χ1n) is 11.5. The van der Waals surface area contributed by atoms with Crippen molar-refractivity contribution in [2.45, 2.75) is 26.2 Å². The van der Waals surface area contributed by atoms with Gasteiger partial charge in [0.25, 0.3) is 11.8 Å². The zero-order valence-electron chi connectivity index (χ0n) is 20.9. The second-order valence-corrected chi connectivity index (χ2v) is 9.51. The highest BCUT2D eigenvalue weighted by atomic mass is 32.1. The summed E-state index contributed by atoms with van der Waals surface area (Å²) in [6, 6.07) is 21.6. The second kappa shape index (κ2) is 12.3. The molecule has 0 aliphatic carbocycles. The van der Waals surface area contributed by atoms with E-state index in [-0.39, 0.29) is 22.3 Å². The number of thiocarbonyl (C=S) groups is 1. The van der Waals surface area contributed by atoms with Gasteiger partial charge < -0.3 is 20.1 Å². The Labute approximate surface area is 217 Å². The van der Waals surface area contributed by atoms with E-state index < -0.39 is 0 Å². The lowest BCUT2D eigenvalue weighted by atomic mass is 9.87. The Morgan fingerprint density at radius 2 is 1.42 bits per heavy atom. The average molecular weight is 506 g/mol. The Balaban J connectivity index is 1.55. The summed E-state index contributed by atoms with van der Waals surface area (Å²) in [6.45, 7) is 7.14. The number of anilines is 2. The molecule has 8 heteroatoms. The highest BCUT2D eigenvalue weighted by Crippen LogP contribution is 2.23. The summed E-state index contributed by atoms with van der Waals surface area (Å²) >= 11 is 5.29. The summed E-state index contributed by atoms with van der Waals surface area (Å²) in [7, 11) is 1.58. The maximum atomic E-state index is 12.7. The maximum absolute atomic E-state index is 12.7. The van der Waals surface area contributed by atoms with Gasteiger partial charge in [0.1, 0.15) is 12.4 Å². The Hall–Kier alpha value is -3.75. The van der Waals surface area contributed by atoms with Crippen molar-refractivity contribution < 1.29 is 19.1 Å². The molecule has 0 aromatic heterocycles. The summed E-state index contributed by atoms with van der Waals surface area (Å²) in [5, 5.41) is 8.66. The lowest BCUT2D eigenvalue weighted by molar-refractivity contribution is 0.0968. The molecule has 3 aromatic rings. The third-order valence-electron chi connectivity index (χ3n) is 5.32. The molecule has 7 nitrogen and oxygen atoms in total. The van der Waals surface area contributed by atoms with E-state index in [2.05, 4.69) is 36.7 Å². The molecule has 0 bridgehead atoms. The van der Waals surface area contributed by atoms with Crippen LogP contribution in [0.15, 0.2) is 72.8 Å². The molecule has 188 valence electrons. The average Bonchev–Trinajstić information content (AvgIpc) is 2.85. The Kier molecular flexibility index (Phi) is 9.16. The van der Waals surface area contributed by atoms with E-state index in [1.165, 1.54) is 5.56 Å². The number of carbonyl (C=O) groups is 2. The molecule has 0 aliphatic heterocycles. The Bertz CT molecular complexity index is 1200. The van der Waals surface area contributed by atoms with E-state index in [0.717, 1.165) is 0 Å². The SMILES string of the molecule is COCCOc1ccccc1C(=O)NC(=S)Nc1ccc(NC(=O)c2ccc(C(C)(C)C)cc2)cc1. The number of amides is 2. The van der Waals surface area contributed by atoms with Crippen molar-refractivity contribution >= 4 is 40.5 Å². The van der Waals surface area contributed by atoms with Gasteiger partial charge in [-0.15, -0.1) is 0 Å². The topological polar surface area (TPSA) is 88.7 Å². The molecular formula is C28H31N3O4S. The number of hydrogen-bond donors (Lipinski definition) is 3. The zero-order valence-corrected chi connectivity index (χ0v) is 21.7. The fourth-order valence-electron chi connectivity index (χ4n) is 3.31. The van der Waals surface area contributed by atoms with Crippen LogP contribution in [-0.4, -0.2) is 37.3 Å². The number of ether oxygens (including phenoxy) is 2. The number of rotatable bonds is 8. The first kappa shape index (κ1) is 26.8. The van der Waals surface area contributed by atoms with Gasteiger partial charge in [0.15, 0.2) is 5.11 Å². The molecule has 0 radical (unpaired) electrons. The smallest absolute Gasteiger partial charge is 0.261 e. The number of hydrogen-bond acceptors (Lipinski definition) is 5. The second-order valence-electron chi connectivity index (χ2n) is 9.10. The van der Waals surface area contributed by atoms with Crippen molar-refractivity contribution in [3.8, 4) is 5.75 Å². The van der Waals surface area contributed by atoms with E-state index in [9.17, 15) is 9.59 Å². The largest absolute Gasteiger partial charge is 0.490 e. The molecule has 0 unspecified atom stereocenters. The minimum atomic E-state index is -0.387. The summed E-state index contributed by atoms with van der Waals surface area (Å²) in [5.74, 6) is -0.129. The summed E-state index contributed by atoms with van der Waals surface area (Å²) < 4.78 is 10.6. The van der Waals surface area contributed by atoms with Gasteiger partial charge in [-0.1, -0.05) is 45.0 Å². The number of nitrogens with one attached hydrogen (secondary N) is 3. The molecule has 0 saturated carbocycles. The van der Waals surface area contributed by atoms with Crippen LogP contribution in [0, 0.1) is 0 Å². The van der Waals surface area contributed by atoms with Gasteiger partial charge in [-0.05, 0) is 71.7 Å². The molecule has 3 rings (SSSR count). The van der Waals surface area contributed by atoms with Crippen LogP contribution in [0.25, 0.3) is 0 Å². The van der Waals surface area contributed by atoms with Gasteiger partial charge in [0.2, 0.25) is 0 Å². The van der Waals surface area contributed by atoms with Gasteiger partial charge in [-0.3, -0.25) is 14.9 Å². The highest BCUT2D eigenvalue weighted by molar-refractivity contribution is 7.80. The fourth-order valence-corrected chi connectivity index (χ4v) is 3.52. The normalized spacial score (nSPS) is 10.9. The summed E-state index contributed by atoms with van der Waals surface area (Å²) in [5.41, 5.74) is 3.45. The van der Waals surface area contributed by atoms with Gasteiger partial charge >= 0.3 is 0 Å². The number of methoxy groups -OCH3 is 1. The minimum absolute atomic E-state index is 0.0269. The first-order chi connectivity index (χ1) is 17.2. The zero-order chi connectivity index (χ0) is 26.1. The monoisotopic (exact) mass is 505 g/mol. The Morgan fingerprint density at radius 3 is 2.03 bits per heavy atom. The van der Waals surface area contributed by atoms with Gasteiger partial charge in [-0.2, -0.15) is 0 Å². The lowest BCUT2D eigenvalue weighted by Gasteiger charge is -2.19. The molecule has 0 heterocycles. The van der Waals surface area contributed by atoms with Crippen LogP contribution in [0.5, 0.6) is 5.75 Å². The molecule has 3 aromatic carbocycles. The van der Waals surface area contributed by atoms with Crippen molar-refractivity contribution in [3.63, 3.8) is 0 Å². The van der Waals surface area contributed by atoms with Crippen LogP contribution in [0.4, 0.5) is 11.4 Å². The van der Waals surface area contributed by atoms with Crippen LogP contribution < -0.4 is 20.7 Å². The van der Waals surface area contributed by atoms with Gasteiger partial charge in [0.05, 0.1) is 12.2 Å². The maximum Gasteiger partial charge on any atom is 0.261 e. The quantitative estimate of drug-likeness (QED) is 0.281. The van der Waals surface area contributed by atoms with Crippen LogP contribution in [0.2, 0.25) is 0 Å². The van der Waals surface area contributed by atoms with Gasteiger partial charge in [0, 0.05) is 24.0 Å². The number of para-hydroxylation sites is 1. The van der Waals surface area contributed by atoms with E-state index in [1.807, 2.05) is 24.3 Å². The molecule has 0 spiro atoms. The molecule has 0 atom stereocenters. The molecular weight excluding hydrogens is 474 g/mol. The van der Waals surface area contributed by atoms with Crippen LogP contribution in [0.3, 0.4) is 0 Å². The van der Waals surface area contributed by atoms with Crippen LogP contribution in [-0.2, 0) is 10.2 Å². The van der Waals surface area contributed by atoms with Gasteiger partial charge in [-0.25, -0.2) is 0 Å². The van der Waals surface area contributed by atoms with Crippen LogP contribution in [0.1, 0.15) is 47.1 Å². The van der Waals surface area contributed by atoms with E-state index >= 15 is 0 Å². The number of carbonyl (C=O) groups excluding carboxylic acids is 2. The van der Waals surface area contributed by atoms with E-state index in [4.69, 9.17) is 21.7 Å². The van der Waals surface area contributed by atoms with Crippen LogP contribution >= 0.6 is 12.2 Å². The molecule has 0 fully saturated rings. The van der Waals surface area contributed by atoms with Crippen molar-refractivity contribution in [2.24, 2.45) is 0 Å². The summed E-state index contributed by atoms with van der Waals surface area (Å²) in [4.78, 5) is 25.3. The third-order valence-corrected chi connectivity index (χ3v) is 5.52. The highest BCUT2D eigenvalue weighted by Gasteiger charge is 2.15. The van der Waals surface area contributed by atoms with Crippen molar-refractivity contribution in [3.05, 3.63) is 89.5 Å². The minimum Gasteiger partial charge on any atom is -0.490 e. The molecule has 36 heavy (non-hydrogen) atoms. The summed E-state index contributed by atoms with van der Waals surface area (Å²) in [6.07, 6.45) is 0. The molecule has 0 saturated heterocycles. The Morgan fingerprint density at radius 1 is 0.806 bits per heavy atom. The first-order valence-corrected chi connectivity index (χ1v) is 11.9. The fraction of sp³-hybridized carbons (Fsp3) is 0.250.